The molecule has 108 valence electrons. The van der Waals surface area contributed by atoms with Gasteiger partial charge in [0.2, 0.25) is 0 Å². The normalized spacial score (nSPS) is 21.7. The summed E-state index contributed by atoms with van der Waals surface area (Å²) in [6, 6.07) is 11.0. The highest BCUT2D eigenvalue weighted by molar-refractivity contribution is 9.10. The third kappa shape index (κ3) is 2.38. The third-order valence-electron chi connectivity index (χ3n) is 3.58. The van der Waals surface area contributed by atoms with Crippen LogP contribution in [-0.2, 0) is 16.9 Å². The molecule has 1 atom stereocenters. The van der Waals surface area contributed by atoms with E-state index >= 15 is 0 Å². The number of rotatable bonds is 3. The Kier molecular flexibility index (Phi) is 3.59. The molecule has 1 N–H and O–H groups in total. The van der Waals surface area contributed by atoms with Gasteiger partial charge >= 0.3 is 6.03 Å². The number of hydrogen-bond acceptors (Lipinski definition) is 3. The zero-order valence-corrected chi connectivity index (χ0v) is 13.7. The Morgan fingerprint density at radius 2 is 2.00 bits per heavy atom. The predicted octanol–water partition coefficient (Wildman–Crippen LogP) is 3.48. The van der Waals surface area contributed by atoms with Crippen LogP contribution in [0.2, 0.25) is 0 Å². The van der Waals surface area contributed by atoms with E-state index in [9.17, 15) is 9.59 Å². The van der Waals surface area contributed by atoms with E-state index in [1.165, 1.54) is 16.2 Å². The molecule has 1 aromatic carbocycles. The monoisotopic (exact) mass is 364 g/mol. The molecule has 2 heterocycles. The van der Waals surface area contributed by atoms with E-state index < -0.39 is 5.54 Å². The van der Waals surface area contributed by atoms with Crippen molar-refractivity contribution >= 4 is 39.2 Å². The molecule has 0 radical (unpaired) electrons. The summed E-state index contributed by atoms with van der Waals surface area (Å²) in [5, 5.41) is 4.70. The minimum atomic E-state index is -0.966. The lowest BCUT2D eigenvalue weighted by Crippen LogP contribution is -2.40. The largest absolute Gasteiger partial charge is 0.325 e. The average molecular weight is 365 g/mol. The average Bonchev–Trinajstić information content (AvgIpc) is 3.06. The second-order valence-electron chi connectivity index (χ2n) is 5.02. The van der Waals surface area contributed by atoms with Gasteiger partial charge in [0.25, 0.3) is 5.91 Å². The number of carbonyl (C=O) groups excluding carboxylic acids is 2. The van der Waals surface area contributed by atoms with Crippen molar-refractivity contribution in [2.75, 3.05) is 0 Å². The summed E-state index contributed by atoms with van der Waals surface area (Å²) in [6.45, 7) is 2.01. The second kappa shape index (κ2) is 5.27. The molecule has 1 aliphatic rings. The maximum atomic E-state index is 12.7. The van der Waals surface area contributed by atoms with Crippen molar-refractivity contribution in [3.05, 3.63) is 56.7 Å². The van der Waals surface area contributed by atoms with Crippen molar-refractivity contribution in [3.8, 4) is 0 Å². The Balaban J connectivity index is 1.90. The van der Waals surface area contributed by atoms with Gasteiger partial charge in [0, 0.05) is 9.35 Å². The Labute approximate surface area is 134 Å². The fourth-order valence-corrected chi connectivity index (χ4v) is 3.61. The van der Waals surface area contributed by atoms with Gasteiger partial charge in [-0.05, 0) is 30.0 Å². The Bertz CT molecular complexity index is 701. The van der Waals surface area contributed by atoms with Crippen LogP contribution in [0.5, 0.6) is 0 Å². The van der Waals surface area contributed by atoms with E-state index in [2.05, 4.69) is 21.2 Å². The SMILES string of the molecule is C[C@]1(c2cccs2)NC(=O)N(Cc2ccccc2Br)C1=O. The lowest BCUT2D eigenvalue weighted by Gasteiger charge is -2.20. The second-order valence-corrected chi connectivity index (χ2v) is 6.82. The number of nitrogens with zero attached hydrogens (tertiary/aromatic N) is 1. The van der Waals surface area contributed by atoms with Crippen LogP contribution in [0.15, 0.2) is 46.3 Å². The molecule has 1 fully saturated rings. The molecule has 0 aliphatic carbocycles. The summed E-state index contributed by atoms with van der Waals surface area (Å²) in [5.74, 6) is -0.217. The van der Waals surface area contributed by atoms with Crippen LogP contribution >= 0.6 is 27.3 Å². The molecule has 6 heteroatoms. The van der Waals surface area contributed by atoms with Crippen LogP contribution in [0.4, 0.5) is 4.79 Å². The molecule has 0 unspecified atom stereocenters. The molecule has 3 amide bonds. The smallest absolute Gasteiger partial charge is 0.319 e. The predicted molar refractivity (Wildman–Crippen MR) is 84.9 cm³/mol. The highest BCUT2D eigenvalue weighted by Crippen LogP contribution is 2.33. The van der Waals surface area contributed by atoms with Gasteiger partial charge < -0.3 is 5.32 Å². The van der Waals surface area contributed by atoms with Crippen molar-refractivity contribution in [1.82, 2.24) is 10.2 Å². The van der Waals surface area contributed by atoms with Crippen molar-refractivity contribution < 1.29 is 9.59 Å². The highest BCUT2D eigenvalue weighted by atomic mass is 79.9. The highest BCUT2D eigenvalue weighted by Gasteiger charge is 2.49. The summed E-state index contributed by atoms with van der Waals surface area (Å²) in [5.41, 5.74) is -0.0663. The number of urea groups is 1. The van der Waals surface area contributed by atoms with E-state index in [1.54, 1.807) is 6.92 Å². The zero-order chi connectivity index (χ0) is 15.0. The van der Waals surface area contributed by atoms with E-state index in [-0.39, 0.29) is 18.5 Å². The van der Waals surface area contributed by atoms with Crippen molar-refractivity contribution in [1.29, 1.82) is 0 Å². The zero-order valence-electron chi connectivity index (χ0n) is 11.3. The van der Waals surface area contributed by atoms with Crippen molar-refractivity contribution in [2.24, 2.45) is 0 Å². The minimum absolute atomic E-state index is 0.217. The quantitative estimate of drug-likeness (QED) is 0.847. The molecule has 1 aliphatic heterocycles. The fraction of sp³-hybridized carbons (Fsp3) is 0.200. The van der Waals surface area contributed by atoms with Crippen molar-refractivity contribution in [2.45, 2.75) is 19.0 Å². The standard InChI is InChI=1S/C15H13BrN2O2S/c1-15(12-7-4-8-21-12)13(19)18(14(20)17-15)9-10-5-2-3-6-11(10)16/h2-8H,9H2,1H3,(H,17,20)/t15-/m1/s1. The van der Waals surface area contributed by atoms with Gasteiger partial charge in [0.1, 0.15) is 0 Å². The summed E-state index contributed by atoms with van der Waals surface area (Å²) in [4.78, 5) is 27.0. The van der Waals surface area contributed by atoms with Gasteiger partial charge in [-0.3, -0.25) is 9.69 Å². The van der Waals surface area contributed by atoms with Gasteiger partial charge in [0.05, 0.1) is 6.54 Å². The third-order valence-corrected chi connectivity index (χ3v) is 5.44. The maximum Gasteiger partial charge on any atom is 0.325 e. The lowest BCUT2D eigenvalue weighted by atomic mass is 10.0. The molecule has 2 aromatic rings. The first-order valence-corrected chi connectivity index (χ1v) is 8.11. The van der Waals surface area contributed by atoms with E-state index in [0.29, 0.717) is 0 Å². The summed E-state index contributed by atoms with van der Waals surface area (Å²) < 4.78 is 0.885. The van der Waals surface area contributed by atoms with Crippen LogP contribution < -0.4 is 5.32 Å². The molecule has 21 heavy (non-hydrogen) atoms. The van der Waals surface area contributed by atoms with E-state index in [4.69, 9.17) is 0 Å². The topological polar surface area (TPSA) is 49.4 Å². The minimum Gasteiger partial charge on any atom is -0.319 e. The number of carbonyl (C=O) groups is 2. The number of halogens is 1. The van der Waals surface area contributed by atoms with Crippen LogP contribution in [-0.4, -0.2) is 16.8 Å². The summed E-state index contributed by atoms with van der Waals surface area (Å²) >= 11 is 4.91. The molecule has 4 nitrogen and oxygen atoms in total. The molecular weight excluding hydrogens is 352 g/mol. The molecule has 0 bridgehead atoms. The Morgan fingerprint density at radius 3 is 2.67 bits per heavy atom. The molecular formula is C15H13BrN2O2S. The lowest BCUT2D eigenvalue weighted by molar-refractivity contribution is -0.131. The molecule has 1 aromatic heterocycles. The fourth-order valence-electron chi connectivity index (χ4n) is 2.37. The summed E-state index contributed by atoms with van der Waals surface area (Å²) in [7, 11) is 0. The summed E-state index contributed by atoms with van der Waals surface area (Å²) in [6.07, 6.45) is 0. The van der Waals surface area contributed by atoms with Crippen LogP contribution in [0.25, 0.3) is 0 Å². The number of hydrogen-bond donors (Lipinski definition) is 1. The maximum absolute atomic E-state index is 12.7. The molecule has 3 rings (SSSR count). The van der Waals surface area contributed by atoms with Crippen LogP contribution in [0.3, 0.4) is 0 Å². The first-order chi connectivity index (χ1) is 10.0. The van der Waals surface area contributed by atoms with Crippen molar-refractivity contribution in [3.63, 3.8) is 0 Å². The van der Waals surface area contributed by atoms with E-state index in [0.717, 1.165) is 14.9 Å². The van der Waals surface area contributed by atoms with E-state index in [1.807, 2.05) is 41.8 Å². The Morgan fingerprint density at radius 1 is 1.24 bits per heavy atom. The Hall–Kier alpha value is -1.66. The van der Waals surface area contributed by atoms with Gasteiger partial charge in [-0.1, -0.05) is 40.2 Å². The number of amides is 3. The molecule has 0 spiro atoms. The number of benzene rings is 1. The van der Waals surface area contributed by atoms with Gasteiger partial charge in [-0.25, -0.2) is 4.79 Å². The van der Waals surface area contributed by atoms with Crippen LogP contribution in [0, 0.1) is 0 Å². The molecule has 1 saturated heterocycles. The van der Waals surface area contributed by atoms with Gasteiger partial charge in [-0.2, -0.15) is 0 Å². The number of thiophene rings is 1. The van der Waals surface area contributed by atoms with Gasteiger partial charge in [0.15, 0.2) is 5.54 Å². The number of nitrogens with one attached hydrogen (secondary N) is 1. The first kappa shape index (κ1) is 14.3. The van der Waals surface area contributed by atoms with Crippen LogP contribution in [0.1, 0.15) is 17.4 Å². The molecule has 0 saturated carbocycles. The number of imide groups is 1. The first-order valence-electron chi connectivity index (χ1n) is 6.44. The van der Waals surface area contributed by atoms with Gasteiger partial charge in [-0.15, -0.1) is 11.3 Å².